The number of ether oxygens (including phenoxy) is 1. The van der Waals surface area contributed by atoms with Crippen molar-refractivity contribution in [2.45, 2.75) is 32.4 Å². The SMILES string of the molecule is CN=C(NCc1noc(C)n1)NCC(c1ccccc1OC)N1CCCC1.I. The number of benzene rings is 1. The molecule has 3 rings (SSSR count). The van der Waals surface area contributed by atoms with E-state index < -0.39 is 0 Å². The van der Waals surface area contributed by atoms with E-state index in [-0.39, 0.29) is 30.0 Å². The van der Waals surface area contributed by atoms with Gasteiger partial charge in [-0.25, -0.2) is 0 Å². The van der Waals surface area contributed by atoms with E-state index in [1.54, 1.807) is 21.1 Å². The standard InChI is InChI=1S/C19H28N6O2.HI/c1-14-23-18(24-27-14)13-22-19(20-2)21-12-16(25-10-6-7-11-25)15-8-4-5-9-17(15)26-3;/h4-5,8-9,16H,6-7,10-13H2,1-3H3,(H2,20,21,22);1H. The molecule has 1 saturated heterocycles. The Bertz CT molecular complexity index is 760. The summed E-state index contributed by atoms with van der Waals surface area (Å²) in [7, 11) is 3.48. The van der Waals surface area contributed by atoms with Gasteiger partial charge < -0.3 is 19.9 Å². The van der Waals surface area contributed by atoms with Gasteiger partial charge in [-0.05, 0) is 32.0 Å². The summed E-state index contributed by atoms with van der Waals surface area (Å²) in [6, 6.07) is 8.44. The van der Waals surface area contributed by atoms with E-state index in [1.165, 1.54) is 18.4 Å². The Hall–Kier alpha value is -1.88. The Kier molecular flexibility index (Phi) is 8.97. The van der Waals surface area contributed by atoms with Crippen molar-refractivity contribution in [3.63, 3.8) is 0 Å². The molecule has 2 aromatic rings. The molecule has 9 heteroatoms. The summed E-state index contributed by atoms with van der Waals surface area (Å²) >= 11 is 0. The minimum atomic E-state index is 0. The summed E-state index contributed by atoms with van der Waals surface area (Å²) in [6.45, 7) is 5.15. The van der Waals surface area contributed by atoms with E-state index in [1.807, 2.05) is 12.1 Å². The highest BCUT2D eigenvalue weighted by Crippen LogP contribution is 2.31. The lowest BCUT2D eigenvalue weighted by molar-refractivity contribution is 0.239. The Labute approximate surface area is 183 Å². The number of hydrogen-bond acceptors (Lipinski definition) is 6. The van der Waals surface area contributed by atoms with E-state index in [9.17, 15) is 0 Å². The molecule has 0 radical (unpaired) electrons. The maximum atomic E-state index is 5.60. The van der Waals surface area contributed by atoms with Crippen LogP contribution in [0.3, 0.4) is 0 Å². The van der Waals surface area contributed by atoms with Gasteiger partial charge in [0.05, 0.1) is 19.7 Å². The highest BCUT2D eigenvalue weighted by atomic mass is 127. The molecule has 1 fully saturated rings. The molecular formula is C19H29IN6O2. The van der Waals surface area contributed by atoms with Crippen molar-refractivity contribution in [2.75, 3.05) is 33.8 Å². The lowest BCUT2D eigenvalue weighted by atomic mass is 10.0. The zero-order chi connectivity index (χ0) is 19.1. The third-order valence-electron chi connectivity index (χ3n) is 4.75. The number of nitrogens with one attached hydrogen (secondary N) is 2. The molecule has 0 aliphatic carbocycles. The molecule has 0 bridgehead atoms. The van der Waals surface area contributed by atoms with Crippen LogP contribution in [0.25, 0.3) is 0 Å². The highest BCUT2D eigenvalue weighted by molar-refractivity contribution is 14.0. The van der Waals surface area contributed by atoms with Gasteiger partial charge in [-0.3, -0.25) is 9.89 Å². The number of para-hydroxylation sites is 1. The van der Waals surface area contributed by atoms with Gasteiger partial charge in [0.25, 0.3) is 0 Å². The summed E-state index contributed by atoms with van der Waals surface area (Å²) in [5, 5.41) is 10.6. The van der Waals surface area contributed by atoms with E-state index in [2.05, 4.69) is 42.8 Å². The van der Waals surface area contributed by atoms with Crippen molar-refractivity contribution >= 4 is 29.9 Å². The molecular weight excluding hydrogens is 471 g/mol. The van der Waals surface area contributed by atoms with Crippen LogP contribution in [0.2, 0.25) is 0 Å². The minimum Gasteiger partial charge on any atom is -0.496 e. The number of aromatic nitrogens is 2. The number of rotatable bonds is 7. The molecule has 1 aliphatic rings. The van der Waals surface area contributed by atoms with Crippen LogP contribution in [-0.4, -0.2) is 54.8 Å². The van der Waals surface area contributed by atoms with Gasteiger partial charge in [-0.2, -0.15) is 4.98 Å². The van der Waals surface area contributed by atoms with Crippen molar-refractivity contribution < 1.29 is 9.26 Å². The molecule has 0 saturated carbocycles. The molecule has 2 heterocycles. The number of guanidine groups is 1. The Morgan fingerprint density at radius 3 is 2.68 bits per heavy atom. The quantitative estimate of drug-likeness (QED) is 0.343. The number of methoxy groups -OCH3 is 1. The van der Waals surface area contributed by atoms with Gasteiger partial charge >= 0.3 is 0 Å². The second-order valence-corrected chi connectivity index (χ2v) is 6.54. The Morgan fingerprint density at radius 2 is 2.04 bits per heavy atom. The third-order valence-corrected chi connectivity index (χ3v) is 4.75. The summed E-state index contributed by atoms with van der Waals surface area (Å²) in [5.74, 6) is 2.79. The second-order valence-electron chi connectivity index (χ2n) is 6.54. The number of nitrogens with zero attached hydrogens (tertiary/aromatic N) is 4. The van der Waals surface area contributed by atoms with E-state index in [0.29, 0.717) is 24.2 Å². The zero-order valence-corrected chi connectivity index (χ0v) is 19.0. The Balaban J connectivity index is 0.00000280. The number of aryl methyl sites for hydroxylation is 1. The van der Waals surface area contributed by atoms with Crippen LogP contribution < -0.4 is 15.4 Å². The third kappa shape index (κ3) is 5.81. The van der Waals surface area contributed by atoms with Gasteiger partial charge in [0.2, 0.25) is 5.89 Å². The summed E-state index contributed by atoms with van der Waals surface area (Å²) in [6.07, 6.45) is 2.46. The molecule has 28 heavy (non-hydrogen) atoms. The zero-order valence-electron chi connectivity index (χ0n) is 16.6. The lowest BCUT2D eigenvalue weighted by Crippen LogP contribution is -2.42. The summed E-state index contributed by atoms with van der Waals surface area (Å²) in [5.41, 5.74) is 1.19. The van der Waals surface area contributed by atoms with Crippen molar-refractivity contribution in [1.29, 1.82) is 0 Å². The first-order valence-corrected chi connectivity index (χ1v) is 9.32. The number of halogens is 1. The molecule has 154 valence electrons. The first kappa shape index (κ1) is 22.4. The average Bonchev–Trinajstić information content (AvgIpc) is 3.36. The topological polar surface area (TPSA) is 87.8 Å². The summed E-state index contributed by atoms with van der Waals surface area (Å²) in [4.78, 5) is 11.0. The van der Waals surface area contributed by atoms with Crippen LogP contribution in [0.5, 0.6) is 5.75 Å². The molecule has 2 N–H and O–H groups in total. The fourth-order valence-electron chi connectivity index (χ4n) is 3.42. The Morgan fingerprint density at radius 1 is 1.29 bits per heavy atom. The minimum absolute atomic E-state index is 0. The van der Waals surface area contributed by atoms with Gasteiger partial charge in [-0.1, -0.05) is 23.4 Å². The van der Waals surface area contributed by atoms with Crippen molar-refractivity contribution in [1.82, 2.24) is 25.7 Å². The normalized spacial score (nSPS) is 15.8. The van der Waals surface area contributed by atoms with Crippen LogP contribution in [0, 0.1) is 6.92 Å². The number of hydrogen-bond donors (Lipinski definition) is 2. The van der Waals surface area contributed by atoms with Crippen LogP contribution >= 0.6 is 24.0 Å². The van der Waals surface area contributed by atoms with Crippen molar-refractivity contribution in [3.8, 4) is 5.75 Å². The first-order chi connectivity index (χ1) is 13.2. The molecule has 1 unspecified atom stereocenters. The van der Waals surface area contributed by atoms with E-state index in [4.69, 9.17) is 9.26 Å². The smallest absolute Gasteiger partial charge is 0.223 e. The first-order valence-electron chi connectivity index (χ1n) is 9.32. The second kappa shape index (κ2) is 11.2. The van der Waals surface area contributed by atoms with E-state index in [0.717, 1.165) is 25.4 Å². The van der Waals surface area contributed by atoms with E-state index >= 15 is 0 Å². The van der Waals surface area contributed by atoms with Crippen molar-refractivity contribution in [3.05, 3.63) is 41.5 Å². The lowest BCUT2D eigenvalue weighted by Gasteiger charge is -2.29. The molecule has 8 nitrogen and oxygen atoms in total. The molecule has 1 aromatic heterocycles. The number of aliphatic imine (C=N–C) groups is 1. The molecule has 0 amide bonds. The fourth-order valence-corrected chi connectivity index (χ4v) is 3.42. The predicted octanol–water partition coefficient (Wildman–Crippen LogP) is 2.51. The largest absolute Gasteiger partial charge is 0.496 e. The molecule has 1 aromatic carbocycles. The van der Waals surface area contributed by atoms with Gasteiger partial charge in [0, 0.05) is 26.1 Å². The predicted molar refractivity (Wildman–Crippen MR) is 119 cm³/mol. The fraction of sp³-hybridized carbons (Fsp3) is 0.526. The van der Waals surface area contributed by atoms with Crippen molar-refractivity contribution in [2.24, 2.45) is 4.99 Å². The average molecular weight is 500 g/mol. The monoisotopic (exact) mass is 500 g/mol. The molecule has 0 spiro atoms. The van der Waals surface area contributed by atoms with Crippen LogP contribution in [0.1, 0.15) is 36.2 Å². The van der Waals surface area contributed by atoms with Crippen LogP contribution in [0.4, 0.5) is 0 Å². The molecule has 1 atom stereocenters. The van der Waals surface area contributed by atoms with Crippen LogP contribution in [-0.2, 0) is 6.54 Å². The maximum Gasteiger partial charge on any atom is 0.223 e. The van der Waals surface area contributed by atoms with Gasteiger partial charge in [0.1, 0.15) is 5.75 Å². The van der Waals surface area contributed by atoms with Gasteiger partial charge in [-0.15, -0.1) is 24.0 Å². The summed E-state index contributed by atoms with van der Waals surface area (Å²) < 4.78 is 10.6. The van der Waals surface area contributed by atoms with Crippen LogP contribution in [0.15, 0.2) is 33.8 Å². The maximum absolute atomic E-state index is 5.60. The van der Waals surface area contributed by atoms with Gasteiger partial charge in [0.15, 0.2) is 11.8 Å². The number of likely N-dealkylation sites (tertiary alicyclic amines) is 1. The highest BCUT2D eigenvalue weighted by Gasteiger charge is 2.26. The molecule has 1 aliphatic heterocycles.